The Bertz CT molecular complexity index is 454. The molecule has 1 heterocycles. The molecule has 0 spiro atoms. The second-order valence-electron chi connectivity index (χ2n) is 4.50. The summed E-state index contributed by atoms with van der Waals surface area (Å²) in [6.07, 6.45) is 1.80. The van der Waals surface area contributed by atoms with Crippen LogP contribution in [0.3, 0.4) is 0 Å². The van der Waals surface area contributed by atoms with E-state index in [1.54, 1.807) is 4.68 Å². The molecule has 0 aromatic carbocycles. The van der Waals surface area contributed by atoms with Crippen LogP contribution in [0.2, 0.25) is 10.2 Å². The van der Waals surface area contributed by atoms with Gasteiger partial charge in [0.15, 0.2) is 5.11 Å². The number of rotatable bonds is 9. The van der Waals surface area contributed by atoms with Crippen LogP contribution in [0.4, 0.5) is 0 Å². The third kappa shape index (κ3) is 6.82. The third-order valence-electron chi connectivity index (χ3n) is 2.78. The van der Waals surface area contributed by atoms with Crippen LogP contribution in [-0.4, -0.2) is 41.2 Å². The Hall–Kier alpha value is -0.560. The maximum Gasteiger partial charge on any atom is 0.166 e. The first-order valence-electron chi connectivity index (χ1n) is 7.04. The molecule has 0 fully saturated rings. The molecule has 21 heavy (non-hydrogen) atoms. The number of hydrogen-bond acceptors (Lipinski definition) is 3. The van der Waals surface area contributed by atoms with Crippen molar-refractivity contribution in [3.05, 3.63) is 15.9 Å². The van der Waals surface area contributed by atoms with Crippen molar-refractivity contribution in [2.75, 3.05) is 26.3 Å². The van der Waals surface area contributed by atoms with Gasteiger partial charge in [-0.15, -0.1) is 0 Å². The van der Waals surface area contributed by atoms with Gasteiger partial charge in [0.2, 0.25) is 0 Å². The van der Waals surface area contributed by atoms with Gasteiger partial charge in [0.05, 0.1) is 5.69 Å². The summed E-state index contributed by atoms with van der Waals surface area (Å²) in [7, 11) is 0. The summed E-state index contributed by atoms with van der Waals surface area (Å²) in [4.78, 5) is 0. The standard InChI is InChI=1S/C13H22Cl2N4OS/c1-3-20-9-5-7-17-13(21)16-6-4-8-19-12(15)11(14)10(2)18-19/h3-9H2,1-2H3,(H2,16,17,21). The monoisotopic (exact) mass is 352 g/mol. The van der Waals surface area contributed by atoms with E-state index in [1.807, 2.05) is 13.8 Å². The smallest absolute Gasteiger partial charge is 0.166 e. The second kappa shape index (κ2) is 10.2. The second-order valence-corrected chi connectivity index (χ2v) is 5.64. The van der Waals surface area contributed by atoms with Crippen molar-refractivity contribution in [2.45, 2.75) is 33.2 Å². The van der Waals surface area contributed by atoms with Crippen molar-refractivity contribution in [1.29, 1.82) is 0 Å². The predicted octanol–water partition coefficient (Wildman–Crippen LogP) is 2.78. The lowest BCUT2D eigenvalue weighted by atomic mass is 10.4. The molecule has 0 aliphatic rings. The molecule has 0 saturated heterocycles. The van der Waals surface area contributed by atoms with Gasteiger partial charge in [0.25, 0.3) is 0 Å². The van der Waals surface area contributed by atoms with E-state index in [0.717, 1.165) is 44.8 Å². The minimum Gasteiger partial charge on any atom is -0.382 e. The fourth-order valence-corrected chi connectivity index (χ4v) is 2.29. The average Bonchev–Trinajstić information content (AvgIpc) is 2.71. The van der Waals surface area contributed by atoms with Gasteiger partial charge in [-0.05, 0) is 38.9 Å². The Kier molecular flexibility index (Phi) is 8.99. The summed E-state index contributed by atoms with van der Waals surface area (Å²) in [5.41, 5.74) is 0.751. The molecule has 0 amide bonds. The highest BCUT2D eigenvalue weighted by Gasteiger charge is 2.10. The molecule has 0 radical (unpaired) electrons. The summed E-state index contributed by atoms with van der Waals surface area (Å²) < 4.78 is 6.96. The number of nitrogens with zero attached hydrogens (tertiary/aromatic N) is 2. The normalized spacial score (nSPS) is 10.7. The van der Waals surface area contributed by atoms with Crippen LogP contribution < -0.4 is 10.6 Å². The Balaban J connectivity index is 2.10. The van der Waals surface area contributed by atoms with E-state index >= 15 is 0 Å². The highest BCUT2D eigenvalue weighted by Crippen LogP contribution is 2.24. The predicted molar refractivity (Wildman–Crippen MR) is 91.3 cm³/mol. The first-order chi connectivity index (χ1) is 10.1. The van der Waals surface area contributed by atoms with Gasteiger partial charge in [0, 0.05) is 32.8 Å². The highest BCUT2D eigenvalue weighted by molar-refractivity contribution is 7.80. The zero-order valence-corrected chi connectivity index (χ0v) is 14.7. The molecule has 5 nitrogen and oxygen atoms in total. The molecule has 120 valence electrons. The molecule has 1 aromatic rings. The lowest BCUT2D eigenvalue weighted by Crippen LogP contribution is -2.36. The highest BCUT2D eigenvalue weighted by atomic mass is 35.5. The van der Waals surface area contributed by atoms with Crippen LogP contribution in [0.15, 0.2) is 0 Å². The number of hydrogen-bond donors (Lipinski definition) is 2. The molecule has 0 aliphatic carbocycles. The summed E-state index contributed by atoms with van der Waals surface area (Å²) in [5.74, 6) is 0. The van der Waals surface area contributed by atoms with Crippen LogP contribution >= 0.6 is 35.4 Å². The van der Waals surface area contributed by atoms with Crippen molar-refractivity contribution in [1.82, 2.24) is 20.4 Å². The van der Waals surface area contributed by atoms with Crippen molar-refractivity contribution >= 4 is 40.5 Å². The van der Waals surface area contributed by atoms with E-state index in [2.05, 4.69) is 15.7 Å². The number of thiocarbonyl (C=S) groups is 1. The molecular weight excluding hydrogens is 331 g/mol. The topological polar surface area (TPSA) is 51.1 Å². The van der Waals surface area contributed by atoms with Gasteiger partial charge >= 0.3 is 0 Å². The molecule has 0 atom stereocenters. The molecule has 0 aliphatic heterocycles. The summed E-state index contributed by atoms with van der Waals surface area (Å²) >= 11 is 17.2. The van der Waals surface area contributed by atoms with Gasteiger partial charge in [-0.2, -0.15) is 5.10 Å². The zero-order chi connectivity index (χ0) is 15.7. The number of nitrogens with one attached hydrogen (secondary N) is 2. The fourth-order valence-electron chi connectivity index (χ4n) is 1.69. The van der Waals surface area contributed by atoms with Gasteiger partial charge in [-0.1, -0.05) is 23.2 Å². The van der Waals surface area contributed by atoms with E-state index < -0.39 is 0 Å². The Morgan fingerprint density at radius 1 is 1.29 bits per heavy atom. The first kappa shape index (κ1) is 18.5. The number of aromatic nitrogens is 2. The number of aryl methyl sites for hydroxylation is 2. The third-order valence-corrected chi connectivity index (χ3v) is 4.01. The molecule has 0 saturated carbocycles. The van der Waals surface area contributed by atoms with E-state index in [4.69, 9.17) is 40.2 Å². The largest absolute Gasteiger partial charge is 0.382 e. The molecular formula is C13H22Cl2N4OS. The fraction of sp³-hybridized carbons (Fsp3) is 0.692. The molecule has 1 aromatic heterocycles. The minimum absolute atomic E-state index is 0.491. The van der Waals surface area contributed by atoms with Crippen LogP contribution in [0.25, 0.3) is 0 Å². The lowest BCUT2D eigenvalue weighted by Gasteiger charge is -2.10. The van der Waals surface area contributed by atoms with Crippen LogP contribution in [0, 0.1) is 6.92 Å². The number of halogens is 2. The quantitative estimate of drug-likeness (QED) is 0.528. The maximum atomic E-state index is 6.06. The van der Waals surface area contributed by atoms with Crippen LogP contribution in [0.5, 0.6) is 0 Å². The SMILES string of the molecule is CCOCCCNC(=S)NCCCn1nc(C)c(Cl)c1Cl. The van der Waals surface area contributed by atoms with Crippen molar-refractivity contribution < 1.29 is 4.74 Å². The average molecular weight is 353 g/mol. The van der Waals surface area contributed by atoms with E-state index in [9.17, 15) is 0 Å². The van der Waals surface area contributed by atoms with Crippen LogP contribution in [0.1, 0.15) is 25.5 Å². The van der Waals surface area contributed by atoms with Gasteiger partial charge < -0.3 is 15.4 Å². The van der Waals surface area contributed by atoms with E-state index in [0.29, 0.717) is 21.8 Å². The Morgan fingerprint density at radius 2 is 1.95 bits per heavy atom. The lowest BCUT2D eigenvalue weighted by molar-refractivity contribution is 0.145. The molecule has 8 heteroatoms. The van der Waals surface area contributed by atoms with Gasteiger partial charge in [-0.3, -0.25) is 4.68 Å². The van der Waals surface area contributed by atoms with Crippen molar-refractivity contribution in [3.63, 3.8) is 0 Å². The summed E-state index contributed by atoms with van der Waals surface area (Å²) in [5, 5.41) is 12.2. The summed E-state index contributed by atoms with van der Waals surface area (Å²) in [6, 6.07) is 0. The van der Waals surface area contributed by atoms with E-state index in [-0.39, 0.29) is 0 Å². The van der Waals surface area contributed by atoms with Crippen LogP contribution in [-0.2, 0) is 11.3 Å². The molecule has 0 bridgehead atoms. The van der Waals surface area contributed by atoms with Crippen molar-refractivity contribution in [3.8, 4) is 0 Å². The summed E-state index contributed by atoms with van der Waals surface area (Å²) in [6.45, 7) is 7.60. The molecule has 1 rings (SSSR count). The Morgan fingerprint density at radius 3 is 2.52 bits per heavy atom. The van der Waals surface area contributed by atoms with Gasteiger partial charge in [0.1, 0.15) is 10.2 Å². The maximum absolute atomic E-state index is 6.06. The molecule has 0 unspecified atom stereocenters. The van der Waals surface area contributed by atoms with E-state index in [1.165, 1.54) is 0 Å². The van der Waals surface area contributed by atoms with Gasteiger partial charge in [-0.25, -0.2) is 0 Å². The zero-order valence-electron chi connectivity index (χ0n) is 12.4. The first-order valence-corrected chi connectivity index (χ1v) is 8.20. The minimum atomic E-state index is 0.491. The number of ether oxygens (including phenoxy) is 1. The molecule has 2 N–H and O–H groups in total. The Labute approximate surface area is 141 Å². The van der Waals surface area contributed by atoms with Crippen molar-refractivity contribution in [2.24, 2.45) is 0 Å².